The lowest BCUT2D eigenvalue weighted by atomic mass is 9.94. The maximum atomic E-state index is 12.5. The number of carbonyl (C=O) groups excluding carboxylic acids is 1. The number of carboxylic acids is 1. The van der Waals surface area contributed by atoms with E-state index in [9.17, 15) is 14.4 Å². The third-order valence-electron chi connectivity index (χ3n) is 5.63. The van der Waals surface area contributed by atoms with Gasteiger partial charge in [0.2, 0.25) is 5.91 Å². The highest BCUT2D eigenvalue weighted by molar-refractivity contribution is 5.97. The molecule has 7 nitrogen and oxygen atoms in total. The zero-order valence-corrected chi connectivity index (χ0v) is 16.3. The molecule has 0 atom stereocenters. The highest BCUT2D eigenvalue weighted by Crippen LogP contribution is 2.35. The summed E-state index contributed by atoms with van der Waals surface area (Å²) in [6, 6.07) is 3.83. The summed E-state index contributed by atoms with van der Waals surface area (Å²) in [7, 11) is 0. The van der Waals surface area contributed by atoms with Gasteiger partial charge in [0.1, 0.15) is 16.9 Å². The number of fused-ring (bicyclic) bond motifs is 4. The first kappa shape index (κ1) is 19.2. The van der Waals surface area contributed by atoms with Gasteiger partial charge in [-0.25, -0.2) is 4.79 Å². The van der Waals surface area contributed by atoms with Crippen molar-refractivity contribution in [2.75, 3.05) is 6.54 Å². The van der Waals surface area contributed by atoms with E-state index in [1.54, 1.807) is 6.07 Å². The lowest BCUT2D eigenvalue weighted by Gasteiger charge is -2.10. The van der Waals surface area contributed by atoms with Gasteiger partial charge >= 0.3 is 11.6 Å². The molecule has 4 rings (SSSR count). The minimum Gasteiger partial charge on any atom is -0.481 e. The van der Waals surface area contributed by atoms with Crippen LogP contribution in [0.3, 0.4) is 0 Å². The lowest BCUT2D eigenvalue weighted by Crippen LogP contribution is -2.26. The maximum Gasteiger partial charge on any atom is 0.339 e. The Morgan fingerprint density at radius 3 is 2.62 bits per heavy atom. The van der Waals surface area contributed by atoms with Crippen molar-refractivity contribution in [1.82, 2.24) is 5.32 Å². The minimum absolute atomic E-state index is 0.0725. The van der Waals surface area contributed by atoms with Crippen molar-refractivity contribution < 1.29 is 23.5 Å². The summed E-state index contributed by atoms with van der Waals surface area (Å²) in [5.74, 6) is -0.228. The van der Waals surface area contributed by atoms with E-state index in [4.69, 9.17) is 13.9 Å². The van der Waals surface area contributed by atoms with Crippen molar-refractivity contribution in [3.05, 3.63) is 45.0 Å². The molecule has 0 aliphatic heterocycles. The Hall–Kier alpha value is -3.09. The Morgan fingerprint density at radius 2 is 1.83 bits per heavy atom. The molecule has 0 saturated carbocycles. The molecule has 0 bridgehead atoms. The van der Waals surface area contributed by atoms with Gasteiger partial charge in [-0.3, -0.25) is 9.59 Å². The second-order valence-corrected chi connectivity index (χ2v) is 7.54. The fraction of sp³-hybridized carbons (Fsp3) is 0.409. The molecule has 2 N–H and O–H groups in total. The molecular formula is C22H23NO6. The smallest absolute Gasteiger partial charge is 0.339 e. The predicted octanol–water partition coefficient (Wildman–Crippen LogP) is 3.25. The monoisotopic (exact) mass is 397 g/mol. The van der Waals surface area contributed by atoms with E-state index in [0.717, 1.165) is 53.4 Å². The summed E-state index contributed by atoms with van der Waals surface area (Å²) in [6.45, 7) is 1.94. The summed E-state index contributed by atoms with van der Waals surface area (Å²) in [5.41, 5.74) is 3.31. The maximum absolute atomic E-state index is 12.5. The van der Waals surface area contributed by atoms with E-state index in [-0.39, 0.29) is 31.7 Å². The van der Waals surface area contributed by atoms with Crippen molar-refractivity contribution in [3.63, 3.8) is 0 Å². The molecule has 152 valence electrons. The number of furan rings is 1. The predicted molar refractivity (Wildman–Crippen MR) is 107 cm³/mol. The number of carboxylic acid groups (broad SMARTS) is 1. The zero-order valence-electron chi connectivity index (χ0n) is 16.3. The summed E-state index contributed by atoms with van der Waals surface area (Å²) < 4.78 is 11.5. The van der Waals surface area contributed by atoms with Crippen molar-refractivity contribution in [2.24, 2.45) is 0 Å². The number of nitrogens with one attached hydrogen (secondary N) is 1. The molecule has 1 amide bonds. The molecule has 2 heterocycles. The van der Waals surface area contributed by atoms with Crippen LogP contribution in [-0.2, 0) is 28.9 Å². The standard InChI is InChI=1S/C22H23NO6/c1-12-13(6-7-20(24)23-9-8-21(25)26)22(27)29-18-11-19-16(10-15(12)18)14-4-2-3-5-17(14)28-19/h10-11H,2-9H2,1H3,(H,23,24)(H,25,26). The van der Waals surface area contributed by atoms with Crippen LogP contribution in [0.4, 0.5) is 0 Å². The van der Waals surface area contributed by atoms with Crippen LogP contribution in [0.2, 0.25) is 0 Å². The fourth-order valence-corrected chi connectivity index (χ4v) is 4.07. The molecule has 0 radical (unpaired) electrons. The second-order valence-electron chi connectivity index (χ2n) is 7.54. The lowest BCUT2D eigenvalue weighted by molar-refractivity contribution is -0.136. The quantitative estimate of drug-likeness (QED) is 0.618. The molecule has 3 aromatic rings. The van der Waals surface area contributed by atoms with E-state index in [0.29, 0.717) is 11.1 Å². The van der Waals surface area contributed by atoms with Crippen LogP contribution >= 0.6 is 0 Å². The molecule has 2 aromatic heterocycles. The molecule has 0 saturated heterocycles. The average molecular weight is 397 g/mol. The Labute approximate surface area is 166 Å². The van der Waals surface area contributed by atoms with Crippen LogP contribution < -0.4 is 10.9 Å². The topological polar surface area (TPSA) is 110 Å². The number of amides is 1. The number of rotatable bonds is 6. The number of aliphatic carboxylic acids is 1. The molecule has 1 aliphatic rings. The minimum atomic E-state index is -0.968. The van der Waals surface area contributed by atoms with E-state index in [2.05, 4.69) is 5.32 Å². The van der Waals surface area contributed by atoms with E-state index in [1.807, 2.05) is 13.0 Å². The highest BCUT2D eigenvalue weighted by Gasteiger charge is 2.20. The van der Waals surface area contributed by atoms with Crippen LogP contribution in [0.5, 0.6) is 0 Å². The number of benzene rings is 1. The van der Waals surface area contributed by atoms with Crippen LogP contribution in [0.15, 0.2) is 25.8 Å². The van der Waals surface area contributed by atoms with Gasteiger partial charge in [-0.05, 0) is 44.2 Å². The van der Waals surface area contributed by atoms with Gasteiger partial charge in [-0.2, -0.15) is 0 Å². The first-order chi connectivity index (χ1) is 13.9. The van der Waals surface area contributed by atoms with Crippen LogP contribution in [0.1, 0.15) is 48.1 Å². The van der Waals surface area contributed by atoms with Crippen LogP contribution in [0.25, 0.3) is 21.9 Å². The van der Waals surface area contributed by atoms with Gasteiger partial charge < -0.3 is 19.3 Å². The molecule has 1 aromatic carbocycles. The van der Waals surface area contributed by atoms with E-state index in [1.165, 1.54) is 5.56 Å². The number of aryl methyl sites for hydroxylation is 3. The van der Waals surface area contributed by atoms with Gasteiger partial charge in [0.05, 0.1) is 6.42 Å². The van der Waals surface area contributed by atoms with Gasteiger partial charge in [-0.1, -0.05) is 0 Å². The third-order valence-corrected chi connectivity index (χ3v) is 5.63. The van der Waals surface area contributed by atoms with Gasteiger partial charge in [0.25, 0.3) is 0 Å². The summed E-state index contributed by atoms with van der Waals surface area (Å²) in [4.78, 5) is 35.0. The Bertz CT molecular complexity index is 1170. The summed E-state index contributed by atoms with van der Waals surface area (Å²) >= 11 is 0. The number of carbonyl (C=O) groups is 2. The average Bonchev–Trinajstić information content (AvgIpc) is 3.03. The van der Waals surface area contributed by atoms with E-state index >= 15 is 0 Å². The zero-order chi connectivity index (χ0) is 20.5. The van der Waals surface area contributed by atoms with Crippen molar-refractivity contribution in [1.29, 1.82) is 0 Å². The molecule has 1 aliphatic carbocycles. The fourth-order valence-electron chi connectivity index (χ4n) is 4.07. The van der Waals surface area contributed by atoms with Crippen LogP contribution in [0, 0.1) is 6.92 Å². The Kier molecular flexibility index (Phi) is 5.13. The second kappa shape index (κ2) is 7.73. The van der Waals surface area contributed by atoms with Crippen molar-refractivity contribution in [3.8, 4) is 0 Å². The number of hydrogen-bond acceptors (Lipinski definition) is 5. The van der Waals surface area contributed by atoms with Gasteiger partial charge in [0.15, 0.2) is 0 Å². The SMILES string of the molecule is Cc1c(CCC(=O)NCCC(=O)O)c(=O)oc2cc3oc4c(c3cc12)CCCC4. The van der Waals surface area contributed by atoms with E-state index < -0.39 is 11.6 Å². The third kappa shape index (κ3) is 3.77. The molecular weight excluding hydrogens is 374 g/mol. The van der Waals surface area contributed by atoms with Crippen molar-refractivity contribution in [2.45, 2.75) is 51.9 Å². The van der Waals surface area contributed by atoms with Gasteiger partial charge in [0, 0.05) is 47.4 Å². The Morgan fingerprint density at radius 1 is 1.07 bits per heavy atom. The summed E-state index contributed by atoms with van der Waals surface area (Å²) in [5, 5.41) is 13.1. The normalized spacial score (nSPS) is 13.6. The van der Waals surface area contributed by atoms with Crippen molar-refractivity contribution >= 4 is 33.8 Å². The highest BCUT2D eigenvalue weighted by atomic mass is 16.4. The largest absolute Gasteiger partial charge is 0.481 e. The first-order valence-corrected chi connectivity index (χ1v) is 9.93. The number of hydrogen-bond donors (Lipinski definition) is 2. The molecule has 29 heavy (non-hydrogen) atoms. The van der Waals surface area contributed by atoms with Gasteiger partial charge in [-0.15, -0.1) is 0 Å². The molecule has 0 unspecified atom stereocenters. The first-order valence-electron chi connectivity index (χ1n) is 9.93. The molecule has 0 fully saturated rings. The van der Waals surface area contributed by atoms with Crippen LogP contribution in [-0.4, -0.2) is 23.5 Å². The molecule has 0 spiro atoms. The Balaban J connectivity index is 1.63. The summed E-state index contributed by atoms with van der Waals surface area (Å²) in [6.07, 6.45) is 4.40. The molecule has 7 heteroatoms.